The first-order chi connectivity index (χ1) is 7.75. The Bertz CT molecular complexity index is 687. The summed E-state index contributed by atoms with van der Waals surface area (Å²) < 4.78 is 0. The van der Waals surface area contributed by atoms with E-state index in [2.05, 4.69) is 0 Å². The van der Waals surface area contributed by atoms with E-state index in [1.165, 1.54) is 0 Å². The number of benzene rings is 3. The Balaban J connectivity index is 2.55. The summed E-state index contributed by atoms with van der Waals surface area (Å²) in [5.41, 5.74) is 0. The summed E-state index contributed by atoms with van der Waals surface area (Å²) in [6, 6.07) is 14.6. The van der Waals surface area contributed by atoms with E-state index in [0.29, 0.717) is 0 Å². The van der Waals surface area contributed by atoms with Crippen LogP contribution in [-0.4, -0.2) is 10.2 Å². The van der Waals surface area contributed by atoms with Crippen LogP contribution in [0.4, 0.5) is 0 Å². The van der Waals surface area contributed by atoms with Gasteiger partial charge in [0.1, 0.15) is 11.5 Å². The predicted molar refractivity (Wildman–Crippen MR) is 64.8 cm³/mol. The Hall–Kier alpha value is -2.22. The molecule has 0 aromatic heterocycles. The molecule has 2 N–H and O–H groups in total. The van der Waals surface area contributed by atoms with Crippen LogP contribution < -0.4 is 0 Å². The zero-order valence-electron chi connectivity index (χ0n) is 8.51. The monoisotopic (exact) mass is 210 g/mol. The Morgan fingerprint density at radius 1 is 0.688 bits per heavy atom. The summed E-state index contributed by atoms with van der Waals surface area (Å²) in [4.78, 5) is 0. The van der Waals surface area contributed by atoms with Gasteiger partial charge in [-0.3, -0.25) is 0 Å². The minimum atomic E-state index is 0.210. The van der Waals surface area contributed by atoms with Gasteiger partial charge in [-0.05, 0) is 35.0 Å². The highest BCUT2D eigenvalue weighted by molar-refractivity contribution is 6.05. The Kier molecular flexibility index (Phi) is 1.77. The number of fused-ring (bicyclic) bond motifs is 2. The number of phenols is 2. The summed E-state index contributed by atoms with van der Waals surface area (Å²) >= 11 is 0. The van der Waals surface area contributed by atoms with Crippen LogP contribution in [0.25, 0.3) is 21.5 Å². The Morgan fingerprint density at radius 3 is 2.31 bits per heavy atom. The van der Waals surface area contributed by atoms with Crippen molar-refractivity contribution in [2.75, 3.05) is 0 Å². The molecular weight excluding hydrogens is 200 g/mol. The van der Waals surface area contributed by atoms with Gasteiger partial charge in [-0.15, -0.1) is 0 Å². The SMILES string of the molecule is Oc1ccc2c(O)c3ccccc3cc2c1. The maximum absolute atomic E-state index is 10.1. The van der Waals surface area contributed by atoms with Gasteiger partial charge in [-0.2, -0.15) is 0 Å². The quantitative estimate of drug-likeness (QED) is 0.558. The van der Waals surface area contributed by atoms with Crippen molar-refractivity contribution >= 4 is 21.5 Å². The smallest absolute Gasteiger partial charge is 0.131 e. The first-order valence-electron chi connectivity index (χ1n) is 5.09. The van der Waals surface area contributed by atoms with E-state index in [0.717, 1.165) is 21.5 Å². The van der Waals surface area contributed by atoms with Crippen molar-refractivity contribution in [2.45, 2.75) is 0 Å². The van der Waals surface area contributed by atoms with Crippen molar-refractivity contribution in [1.29, 1.82) is 0 Å². The van der Waals surface area contributed by atoms with Gasteiger partial charge in [0, 0.05) is 10.8 Å². The molecule has 0 aliphatic carbocycles. The van der Waals surface area contributed by atoms with Crippen LogP contribution in [0.15, 0.2) is 48.5 Å². The molecular formula is C14H10O2. The average molecular weight is 210 g/mol. The van der Waals surface area contributed by atoms with E-state index >= 15 is 0 Å². The molecule has 0 saturated heterocycles. The third-order valence-corrected chi connectivity index (χ3v) is 2.82. The highest BCUT2D eigenvalue weighted by atomic mass is 16.3. The van der Waals surface area contributed by atoms with Crippen molar-refractivity contribution in [1.82, 2.24) is 0 Å². The zero-order chi connectivity index (χ0) is 11.1. The summed E-state index contributed by atoms with van der Waals surface area (Å²) in [5.74, 6) is 0.482. The Labute approximate surface area is 92.4 Å². The van der Waals surface area contributed by atoms with E-state index < -0.39 is 0 Å². The largest absolute Gasteiger partial charge is 0.508 e. The molecule has 2 nitrogen and oxygen atoms in total. The van der Waals surface area contributed by atoms with Gasteiger partial charge >= 0.3 is 0 Å². The summed E-state index contributed by atoms with van der Waals surface area (Å²) in [5, 5.41) is 22.9. The molecule has 16 heavy (non-hydrogen) atoms. The second-order valence-corrected chi connectivity index (χ2v) is 3.85. The number of hydrogen-bond donors (Lipinski definition) is 2. The second kappa shape index (κ2) is 3.14. The molecule has 3 aromatic rings. The topological polar surface area (TPSA) is 40.5 Å². The molecule has 0 fully saturated rings. The molecule has 0 saturated carbocycles. The summed E-state index contributed by atoms with van der Waals surface area (Å²) in [6.07, 6.45) is 0. The predicted octanol–water partition coefficient (Wildman–Crippen LogP) is 3.40. The van der Waals surface area contributed by atoms with Crippen molar-refractivity contribution in [3.63, 3.8) is 0 Å². The fourth-order valence-electron chi connectivity index (χ4n) is 2.04. The lowest BCUT2D eigenvalue weighted by Gasteiger charge is -2.06. The molecule has 0 amide bonds. The normalized spacial score (nSPS) is 11.0. The maximum atomic E-state index is 10.1. The highest BCUT2D eigenvalue weighted by Gasteiger charge is 2.05. The van der Waals surface area contributed by atoms with E-state index in [-0.39, 0.29) is 11.5 Å². The molecule has 0 aliphatic rings. The fourth-order valence-corrected chi connectivity index (χ4v) is 2.04. The highest BCUT2D eigenvalue weighted by Crippen LogP contribution is 2.34. The molecule has 0 spiro atoms. The fraction of sp³-hybridized carbons (Fsp3) is 0. The molecule has 78 valence electrons. The number of rotatable bonds is 0. The molecule has 0 heterocycles. The van der Waals surface area contributed by atoms with Crippen LogP contribution in [0.3, 0.4) is 0 Å². The average Bonchev–Trinajstić information content (AvgIpc) is 2.29. The second-order valence-electron chi connectivity index (χ2n) is 3.85. The molecule has 2 heteroatoms. The zero-order valence-corrected chi connectivity index (χ0v) is 8.51. The van der Waals surface area contributed by atoms with Crippen molar-refractivity contribution < 1.29 is 10.2 Å². The minimum absolute atomic E-state index is 0.210. The van der Waals surface area contributed by atoms with Crippen LogP contribution >= 0.6 is 0 Å². The van der Waals surface area contributed by atoms with Crippen LogP contribution in [0.2, 0.25) is 0 Å². The summed E-state index contributed by atoms with van der Waals surface area (Å²) in [7, 11) is 0. The van der Waals surface area contributed by atoms with E-state index in [9.17, 15) is 10.2 Å². The van der Waals surface area contributed by atoms with Gasteiger partial charge in [0.2, 0.25) is 0 Å². The molecule has 3 rings (SSSR count). The standard InChI is InChI=1S/C14H10O2/c15-11-5-6-13-10(8-11)7-9-3-1-2-4-12(9)14(13)16/h1-8,15-16H. The van der Waals surface area contributed by atoms with E-state index in [1.807, 2.05) is 30.3 Å². The molecule has 0 aliphatic heterocycles. The van der Waals surface area contributed by atoms with Crippen LogP contribution in [0.1, 0.15) is 0 Å². The maximum Gasteiger partial charge on any atom is 0.131 e. The first-order valence-corrected chi connectivity index (χ1v) is 5.09. The number of phenolic OH excluding ortho intramolecular Hbond substituents is 2. The van der Waals surface area contributed by atoms with Gasteiger partial charge in [0.15, 0.2) is 0 Å². The number of hydrogen-bond acceptors (Lipinski definition) is 2. The molecule has 0 radical (unpaired) electrons. The third kappa shape index (κ3) is 1.20. The lowest BCUT2D eigenvalue weighted by atomic mass is 10.0. The van der Waals surface area contributed by atoms with Gasteiger partial charge in [-0.1, -0.05) is 24.3 Å². The summed E-state index contributed by atoms with van der Waals surface area (Å²) in [6.45, 7) is 0. The molecule has 0 atom stereocenters. The first kappa shape index (κ1) is 9.04. The van der Waals surface area contributed by atoms with E-state index in [1.54, 1.807) is 18.2 Å². The van der Waals surface area contributed by atoms with E-state index in [4.69, 9.17) is 0 Å². The van der Waals surface area contributed by atoms with Crippen LogP contribution in [0.5, 0.6) is 11.5 Å². The van der Waals surface area contributed by atoms with Crippen molar-refractivity contribution in [3.8, 4) is 11.5 Å². The van der Waals surface area contributed by atoms with Crippen LogP contribution in [0, 0.1) is 0 Å². The lowest BCUT2D eigenvalue weighted by molar-refractivity contribution is 0.475. The van der Waals surface area contributed by atoms with Gasteiger partial charge in [0.05, 0.1) is 0 Å². The molecule has 0 unspecified atom stereocenters. The third-order valence-electron chi connectivity index (χ3n) is 2.82. The molecule has 3 aromatic carbocycles. The number of aromatic hydroxyl groups is 2. The van der Waals surface area contributed by atoms with Gasteiger partial charge in [0.25, 0.3) is 0 Å². The van der Waals surface area contributed by atoms with Crippen LogP contribution in [-0.2, 0) is 0 Å². The van der Waals surface area contributed by atoms with Gasteiger partial charge in [-0.25, -0.2) is 0 Å². The van der Waals surface area contributed by atoms with Crippen molar-refractivity contribution in [2.24, 2.45) is 0 Å². The lowest BCUT2D eigenvalue weighted by Crippen LogP contribution is -1.78. The Morgan fingerprint density at radius 2 is 1.44 bits per heavy atom. The molecule has 0 bridgehead atoms. The van der Waals surface area contributed by atoms with Gasteiger partial charge < -0.3 is 10.2 Å². The van der Waals surface area contributed by atoms with Crippen molar-refractivity contribution in [3.05, 3.63) is 48.5 Å². The minimum Gasteiger partial charge on any atom is -0.508 e.